The smallest absolute Gasteiger partial charge is 0.417 e. The minimum Gasteiger partial charge on any atom is -0.478 e. The molecule has 1 aliphatic heterocycles. The van der Waals surface area contributed by atoms with E-state index in [0.29, 0.717) is 18.2 Å². The second-order valence-corrected chi connectivity index (χ2v) is 6.22. The Morgan fingerprint density at radius 3 is 2.57 bits per heavy atom. The lowest BCUT2D eigenvalue weighted by Gasteiger charge is -2.22. The predicted molar refractivity (Wildman–Crippen MR) is 76.9 cm³/mol. The Hall–Kier alpha value is -1.37. The topological polar surface area (TPSA) is 49.3 Å². The molecule has 0 radical (unpaired) electrons. The molecule has 1 heterocycles. The Morgan fingerprint density at radius 1 is 1.33 bits per heavy atom. The number of alkyl halides is 3. The zero-order chi connectivity index (χ0) is 15.5. The minimum absolute atomic E-state index is 0.415. The van der Waals surface area contributed by atoms with Crippen molar-refractivity contribution in [2.75, 3.05) is 23.4 Å². The van der Waals surface area contributed by atoms with Gasteiger partial charge in [0.25, 0.3) is 0 Å². The molecular formula is C14H16F3NO2S. The number of anilines is 1. The molecule has 1 aromatic carbocycles. The van der Waals surface area contributed by atoms with Gasteiger partial charge < -0.3 is 10.4 Å². The van der Waals surface area contributed by atoms with E-state index < -0.39 is 23.3 Å². The van der Waals surface area contributed by atoms with Crippen LogP contribution in [0.15, 0.2) is 18.2 Å². The molecule has 7 heteroatoms. The summed E-state index contributed by atoms with van der Waals surface area (Å²) in [5, 5.41) is 12.0. The van der Waals surface area contributed by atoms with Gasteiger partial charge in [-0.1, -0.05) is 0 Å². The number of hydrogen-bond acceptors (Lipinski definition) is 3. The van der Waals surface area contributed by atoms with Gasteiger partial charge in [0.15, 0.2) is 0 Å². The summed E-state index contributed by atoms with van der Waals surface area (Å²) in [6, 6.07) is 3.16. The Balaban J connectivity index is 2.10. The summed E-state index contributed by atoms with van der Waals surface area (Å²) in [5.41, 5.74) is -1.42. The average molecular weight is 319 g/mol. The molecule has 0 aliphatic carbocycles. The van der Waals surface area contributed by atoms with Gasteiger partial charge in [0, 0.05) is 12.2 Å². The van der Waals surface area contributed by atoms with Crippen LogP contribution in [0.4, 0.5) is 18.9 Å². The van der Waals surface area contributed by atoms with Gasteiger partial charge in [-0.25, -0.2) is 4.79 Å². The summed E-state index contributed by atoms with van der Waals surface area (Å²) in [6.07, 6.45) is -2.51. The molecule has 0 bridgehead atoms. The van der Waals surface area contributed by atoms with E-state index in [1.807, 2.05) is 11.8 Å². The van der Waals surface area contributed by atoms with Crippen molar-refractivity contribution in [1.82, 2.24) is 0 Å². The van der Waals surface area contributed by atoms with Gasteiger partial charge in [0.1, 0.15) is 0 Å². The standard InChI is InChI=1S/C14H16F3NO2S/c15-14(16,17)12-2-1-10(7-11(12)13(19)20)18-8-9-3-5-21-6-4-9/h1-2,7,9,18H,3-6,8H2,(H,19,20). The molecule has 1 aliphatic rings. The summed E-state index contributed by atoms with van der Waals surface area (Å²) in [6.45, 7) is 0.658. The highest BCUT2D eigenvalue weighted by Gasteiger charge is 2.35. The van der Waals surface area contributed by atoms with E-state index >= 15 is 0 Å². The SMILES string of the molecule is O=C(O)c1cc(NCC2CCSCC2)ccc1C(F)(F)F. The van der Waals surface area contributed by atoms with E-state index in [-0.39, 0.29) is 0 Å². The molecule has 0 amide bonds. The number of nitrogens with one attached hydrogen (secondary N) is 1. The Kier molecular flexibility index (Phi) is 5.03. The fraction of sp³-hybridized carbons (Fsp3) is 0.500. The molecule has 0 unspecified atom stereocenters. The number of benzene rings is 1. The van der Waals surface area contributed by atoms with E-state index in [9.17, 15) is 18.0 Å². The van der Waals surface area contributed by atoms with Gasteiger partial charge in [-0.3, -0.25) is 0 Å². The van der Waals surface area contributed by atoms with Crippen LogP contribution in [0.1, 0.15) is 28.8 Å². The van der Waals surface area contributed by atoms with E-state index in [0.717, 1.165) is 36.5 Å². The molecular weight excluding hydrogens is 303 g/mol. The number of carbonyl (C=O) groups is 1. The van der Waals surface area contributed by atoms with Crippen LogP contribution in [0.3, 0.4) is 0 Å². The molecule has 0 saturated carbocycles. The molecule has 21 heavy (non-hydrogen) atoms. The fourth-order valence-electron chi connectivity index (χ4n) is 2.29. The summed E-state index contributed by atoms with van der Waals surface area (Å²) in [4.78, 5) is 11.0. The molecule has 1 saturated heterocycles. The maximum Gasteiger partial charge on any atom is 0.417 e. The van der Waals surface area contributed by atoms with Crippen molar-refractivity contribution in [3.8, 4) is 0 Å². The number of aromatic carboxylic acids is 1. The van der Waals surface area contributed by atoms with Crippen molar-refractivity contribution >= 4 is 23.4 Å². The highest BCUT2D eigenvalue weighted by Crippen LogP contribution is 2.33. The molecule has 2 rings (SSSR count). The van der Waals surface area contributed by atoms with Gasteiger partial charge >= 0.3 is 12.1 Å². The molecule has 1 fully saturated rings. The third-order valence-electron chi connectivity index (χ3n) is 3.49. The van der Waals surface area contributed by atoms with Gasteiger partial charge in [-0.2, -0.15) is 24.9 Å². The Labute approximate surface area is 124 Å². The van der Waals surface area contributed by atoms with Gasteiger partial charge in [-0.05, 0) is 48.5 Å². The first kappa shape index (κ1) is 16.0. The maximum absolute atomic E-state index is 12.7. The molecule has 116 valence electrons. The van der Waals surface area contributed by atoms with Crippen molar-refractivity contribution in [1.29, 1.82) is 0 Å². The van der Waals surface area contributed by atoms with Gasteiger partial charge in [-0.15, -0.1) is 0 Å². The number of halogens is 3. The van der Waals surface area contributed by atoms with Crippen LogP contribution in [0.5, 0.6) is 0 Å². The zero-order valence-corrected chi connectivity index (χ0v) is 12.1. The molecule has 1 aromatic rings. The van der Waals surface area contributed by atoms with Crippen LogP contribution in [-0.2, 0) is 6.18 Å². The quantitative estimate of drug-likeness (QED) is 0.882. The van der Waals surface area contributed by atoms with Gasteiger partial charge in [0.05, 0.1) is 11.1 Å². The normalized spacial score (nSPS) is 16.7. The van der Waals surface area contributed by atoms with Gasteiger partial charge in [0.2, 0.25) is 0 Å². The average Bonchev–Trinajstić information content (AvgIpc) is 2.45. The van der Waals surface area contributed by atoms with Crippen molar-refractivity contribution in [2.45, 2.75) is 19.0 Å². The number of carboxylic acid groups (broad SMARTS) is 1. The lowest BCUT2D eigenvalue weighted by Crippen LogP contribution is -2.19. The predicted octanol–water partition coefficient (Wildman–Crippen LogP) is 3.96. The number of carboxylic acids is 1. The summed E-state index contributed by atoms with van der Waals surface area (Å²) in [5.74, 6) is 1.11. The molecule has 0 aromatic heterocycles. The van der Waals surface area contributed by atoms with Crippen LogP contribution >= 0.6 is 11.8 Å². The van der Waals surface area contributed by atoms with E-state index in [4.69, 9.17) is 5.11 Å². The van der Waals surface area contributed by atoms with Crippen LogP contribution in [0.2, 0.25) is 0 Å². The summed E-state index contributed by atoms with van der Waals surface area (Å²) < 4.78 is 38.2. The van der Waals surface area contributed by atoms with E-state index in [1.165, 1.54) is 6.07 Å². The Bertz CT molecular complexity index is 513. The second kappa shape index (κ2) is 6.60. The summed E-state index contributed by atoms with van der Waals surface area (Å²) >= 11 is 1.90. The van der Waals surface area contributed by atoms with E-state index in [2.05, 4.69) is 5.32 Å². The molecule has 3 nitrogen and oxygen atoms in total. The highest BCUT2D eigenvalue weighted by molar-refractivity contribution is 7.99. The lowest BCUT2D eigenvalue weighted by molar-refractivity contribution is -0.138. The van der Waals surface area contributed by atoms with Crippen LogP contribution in [0, 0.1) is 5.92 Å². The minimum atomic E-state index is -4.66. The number of thioether (sulfide) groups is 1. The number of rotatable bonds is 4. The third-order valence-corrected chi connectivity index (χ3v) is 4.54. The van der Waals surface area contributed by atoms with Crippen LogP contribution in [0.25, 0.3) is 0 Å². The van der Waals surface area contributed by atoms with E-state index in [1.54, 1.807) is 0 Å². The summed E-state index contributed by atoms with van der Waals surface area (Å²) in [7, 11) is 0. The second-order valence-electron chi connectivity index (χ2n) is 5.00. The number of hydrogen-bond donors (Lipinski definition) is 2. The lowest BCUT2D eigenvalue weighted by atomic mass is 10.0. The third kappa shape index (κ3) is 4.30. The Morgan fingerprint density at radius 2 is 2.00 bits per heavy atom. The molecule has 0 atom stereocenters. The van der Waals surface area contributed by atoms with Crippen LogP contribution in [-0.4, -0.2) is 29.1 Å². The van der Waals surface area contributed by atoms with Crippen molar-refractivity contribution in [3.05, 3.63) is 29.3 Å². The monoisotopic (exact) mass is 319 g/mol. The zero-order valence-electron chi connectivity index (χ0n) is 11.2. The first-order valence-corrected chi connectivity index (χ1v) is 7.79. The fourth-order valence-corrected chi connectivity index (χ4v) is 3.50. The van der Waals surface area contributed by atoms with Crippen LogP contribution < -0.4 is 5.32 Å². The van der Waals surface area contributed by atoms with Crippen molar-refractivity contribution in [2.24, 2.45) is 5.92 Å². The molecule has 2 N–H and O–H groups in total. The highest BCUT2D eigenvalue weighted by atomic mass is 32.2. The maximum atomic E-state index is 12.7. The van der Waals surface area contributed by atoms with Crippen molar-refractivity contribution < 1.29 is 23.1 Å². The first-order chi connectivity index (χ1) is 9.88. The molecule has 0 spiro atoms. The largest absolute Gasteiger partial charge is 0.478 e. The first-order valence-electron chi connectivity index (χ1n) is 6.64. The van der Waals surface area contributed by atoms with Crippen molar-refractivity contribution in [3.63, 3.8) is 0 Å².